The molecule has 1 aromatic heterocycles. The summed E-state index contributed by atoms with van der Waals surface area (Å²) in [4.78, 5) is 11.6. The zero-order valence-electron chi connectivity index (χ0n) is 13.5. The Bertz CT molecular complexity index is 444. The van der Waals surface area contributed by atoms with E-state index in [1.54, 1.807) is 0 Å². The number of hydrogen-bond donors (Lipinski definition) is 1. The highest BCUT2D eigenvalue weighted by atomic mass is 15.3. The molecule has 0 aliphatic carbocycles. The van der Waals surface area contributed by atoms with Gasteiger partial charge in [0.25, 0.3) is 0 Å². The molecule has 0 unspecified atom stereocenters. The lowest BCUT2D eigenvalue weighted by atomic mass is 9.83. The van der Waals surface area contributed by atoms with Crippen LogP contribution in [0.1, 0.15) is 51.8 Å². The highest BCUT2D eigenvalue weighted by Gasteiger charge is 2.26. The lowest BCUT2D eigenvalue weighted by Gasteiger charge is -2.37. The Kier molecular flexibility index (Phi) is 4.63. The van der Waals surface area contributed by atoms with Gasteiger partial charge in [0.1, 0.15) is 0 Å². The smallest absolute Gasteiger partial charge is 0.225 e. The minimum Gasteiger partial charge on any atom is -0.341 e. The fraction of sp³-hybridized carbons (Fsp3) is 0.750. The zero-order valence-corrected chi connectivity index (χ0v) is 13.5. The predicted octanol–water partition coefficient (Wildman–Crippen LogP) is 2.91. The van der Waals surface area contributed by atoms with Crippen LogP contribution in [0.15, 0.2) is 6.20 Å². The summed E-state index contributed by atoms with van der Waals surface area (Å²) in [5, 5.41) is 3.42. The summed E-state index contributed by atoms with van der Waals surface area (Å²) in [6.45, 7) is 14.0. The Morgan fingerprint density at radius 3 is 2.50 bits per heavy atom. The van der Waals surface area contributed by atoms with Crippen molar-refractivity contribution < 1.29 is 0 Å². The Morgan fingerprint density at radius 2 is 1.95 bits per heavy atom. The molecule has 0 saturated carbocycles. The molecule has 0 amide bonds. The van der Waals surface area contributed by atoms with E-state index in [1.165, 1.54) is 18.4 Å². The van der Waals surface area contributed by atoms with Gasteiger partial charge < -0.3 is 10.2 Å². The summed E-state index contributed by atoms with van der Waals surface area (Å²) in [6.07, 6.45) is 4.41. The van der Waals surface area contributed by atoms with Crippen molar-refractivity contribution in [2.24, 2.45) is 5.41 Å². The van der Waals surface area contributed by atoms with Crippen molar-refractivity contribution in [1.82, 2.24) is 15.3 Å². The highest BCUT2D eigenvalue weighted by Crippen LogP contribution is 2.31. The van der Waals surface area contributed by atoms with Gasteiger partial charge in [-0.3, -0.25) is 0 Å². The fourth-order valence-corrected chi connectivity index (χ4v) is 2.43. The van der Waals surface area contributed by atoms with Crippen LogP contribution >= 0.6 is 0 Å². The van der Waals surface area contributed by atoms with Crippen molar-refractivity contribution in [3.8, 4) is 0 Å². The summed E-state index contributed by atoms with van der Waals surface area (Å²) in [5.74, 6) is 0.895. The normalized spacial score (nSPS) is 18.6. The number of nitrogens with one attached hydrogen (secondary N) is 1. The molecule has 0 radical (unpaired) electrons. The van der Waals surface area contributed by atoms with E-state index in [0.29, 0.717) is 11.5 Å². The van der Waals surface area contributed by atoms with Crippen LogP contribution in [0, 0.1) is 12.3 Å². The molecule has 4 nitrogen and oxygen atoms in total. The summed E-state index contributed by atoms with van der Waals surface area (Å²) >= 11 is 0. The van der Waals surface area contributed by atoms with Crippen LogP contribution in [0.5, 0.6) is 0 Å². The number of anilines is 1. The minimum absolute atomic E-state index is 0.465. The maximum absolute atomic E-state index is 4.70. The third-order valence-corrected chi connectivity index (χ3v) is 4.17. The van der Waals surface area contributed by atoms with Crippen LogP contribution in [0.3, 0.4) is 0 Å². The fourth-order valence-electron chi connectivity index (χ4n) is 2.43. The SMILES string of the molecule is Cc1nc(N2CCC(C)(C)CC2)ncc1CNC(C)C. The van der Waals surface area contributed by atoms with Gasteiger partial charge in [0.15, 0.2) is 0 Å². The van der Waals surface area contributed by atoms with Crippen LogP contribution in [-0.4, -0.2) is 29.1 Å². The molecule has 1 aliphatic rings. The molecule has 4 heteroatoms. The number of rotatable bonds is 4. The summed E-state index contributed by atoms with van der Waals surface area (Å²) < 4.78 is 0. The number of aryl methyl sites for hydroxylation is 1. The first-order chi connectivity index (χ1) is 9.37. The molecular weight excluding hydrogens is 248 g/mol. The number of piperidine rings is 1. The van der Waals surface area contributed by atoms with E-state index in [1.807, 2.05) is 6.20 Å². The molecule has 20 heavy (non-hydrogen) atoms. The molecule has 112 valence electrons. The second-order valence-electron chi connectivity index (χ2n) is 6.97. The van der Waals surface area contributed by atoms with Gasteiger partial charge >= 0.3 is 0 Å². The van der Waals surface area contributed by atoms with Gasteiger partial charge in [0.2, 0.25) is 5.95 Å². The van der Waals surface area contributed by atoms with Crippen molar-refractivity contribution in [3.05, 3.63) is 17.5 Å². The van der Waals surface area contributed by atoms with E-state index >= 15 is 0 Å². The molecule has 2 rings (SSSR count). The monoisotopic (exact) mass is 276 g/mol. The molecule has 1 aliphatic heterocycles. The molecule has 2 heterocycles. The van der Waals surface area contributed by atoms with Gasteiger partial charge in [-0.2, -0.15) is 0 Å². The molecule has 1 fully saturated rings. The maximum atomic E-state index is 4.70. The zero-order chi connectivity index (χ0) is 14.8. The topological polar surface area (TPSA) is 41.1 Å². The van der Waals surface area contributed by atoms with Crippen LogP contribution in [-0.2, 0) is 6.54 Å². The molecule has 0 aromatic carbocycles. The predicted molar refractivity (Wildman–Crippen MR) is 84.0 cm³/mol. The van der Waals surface area contributed by atoms with Gasteiger partial charge in [-0.05, 0) is 25.2 Å². The molecule has 1 saturated heterocycles. The van der Waals surface area contributed by atoms with Gasteiger partial charge in [-0.25, -0.2) is 9.97 Å². The summed E-state index contributed by atoms with van der Waals surface area (Å²) in [6, 6.07) is 0.485. The summed E-state index contributed by atoms with van der Waals surface area (Å²) in [7, 11) is 0. The second kappa shape index (κ2) is 6.08. The van der Waals surface area contributed by atoms with Crippen LogP contribution in [0.25, 0.3) is 0 Å². The largest absolute Gasteiger partial charge is 0.341 e. The van der Waals surface area contributed by atoms with Gasteiger partial charge in [-0.1, -0.05) is 27.7 Å². The third kappa shape index (κ3) is 3.92. The Morgan fingerprint density at radius 1 is 1.30 bits per heavy atom. The Labute approximate surface area is 123 Å². The highest BCUT2D eigenvalue weighted by molar-refractivity contribution is 5.33. The van der Waals surface area contributed by atoms with E-state index in [2.05, 4.69) is 49.8 Å². The number of aromatic nitrogens is 2. The first-order valence-corrected chi connectivity index (χ1v) is 7.68. The number of hydrogen-bond acceptors (Lipinski definition) is 4. The van der Waals surface area contributed by atoms with Crippen molar-refractivity contribution in [2.75, 3.05) is 18.0 Å². The average Bonchev–Trinajstić information content (AvgIpc) is 2.37. The third-order valence-electron chi connectivity index (χ3n) is 4.17. The van der Waals surface area contributed by atoms with Crippen LogP contribution in [0.2, 0.25) is 0 Å². The van der Waals surface area contributed by atoms with Crippen molar-refractivity contribution >= 4 is 5.95 Å². The van der Waals surface area contributed by atoms with E-state index < -0.39 is 0 Å². The van der Waals surface area contributed by atoms with Crippen molar-refractivity contribution in [2.45, 2.75) is 60.0 Å². The van der Waals surface area contributed by atoms with Crippen molar-refractivity contribution in [1.29, 1.82) is 0 Å². The lowest BCUT2D eigenvalue weighted by Crippen LogP contribution is -2.38. The molecule has 0 spiro atoms. The van der Waals surface area contributed by atoms with E-state index in [0.717, 1.165) is 31.3 Å². The van der Waals surface area contributed by atoms with Gasteiger partial charge in [0, 0.05) is 43.1 Å². The quantitative estimate of drug-likeness (QED) is 0.918. The summed E-state index contributed by atoms with van der Waals surface area (Å²) in [5.41, 5.74) is 2.75. The molecular formula is C16H28N4. The van der Waals surface area contributed by atoms with Crippen LogP contribution < -0.4 is 10.2 Å². The first-order valence-electron chi connectivity index (χ1n) is 7.68. The van der Waals surface area contributed by atoms with Crippen LogP contribution in [0.4, 0.5) is 5.95 Å². The average molecular weight is 276 g/mol. The minimum atomic E-state index is 0.465. The molecule has 1 aromatic rings. The Hall–Kier alpha value is -1.16. The van der Waals surface area contributed by atoms with E-state index in [4.69, 9.17) is 4.98 Å². The first kappa shape index (κ1) is 15.2. The van der Waals surface area contributed by atoms with Crippen molar-refractivity contribution in [3.63, 3.8) is 0 Å². The maximum Gasteiger partial charge on any atom is 0.225 e. The van der Waals surface area contributed by atoms with E-state index in [-0.39, 0.29) is 0 Å². The molecule has 0 bridgehead atoms. The lowest BCUT2D eigenvalue weighted by molar-refractivity contribution is 0.278. The number of nitrogens with zero attached hydrogens (tertiary/aromatic N) is 3. The Balaban J connectivity index is 2.02. The molecule has 0 atom stereocenters. The van der Waals surface area contributed by atoms with Gasteiger partial charge in [-0.15, -0.1) is 0 Å². The van der Waals surface area contributed by atoms with Gasteiger partial charge in [0.05, 0.1) is 0 Å². The second-order valence-corrected chi connectivity index (χ2v) is 6.97. The van der Waals surface area contributed by atoms with E-state index in [9.17, 15) is 0 Å². The standard InChI is InChI=1S/C16H28N4/c1-12(2)17-10-14-11-18-15(19-13(14)3)20-8-6-16(4,5)7-9-20/h11-12,17H,6-10H2,1-5H3. The molecule has 1 N–H and O–H groups in total.